The van der Waals surface area contributed by atoms with E-state index in [9.17, 15) is 18.3 Å². The van der Waals surface area contributed by atoms with Gasteiger partial charge in [0, 0.05) is 0 Å². The van der Waals surface area contributed by atoms with Gasteiger partial charge in [0.15, 0.2) is 5.76 Å². The maximum absolute atomic E-state index is 12.4. The van der Waals surface area contributed by atoms with Crippen molar-refractivity contribution in [3.05, 3.63) is 40.8 Å². The smallest absolute Gasteiger partial charge is 0.336 e. The quantitative estimate of drug-likeness (QED) is 0.873. The molecular formula is C14H16N2O5S. The topological polar surface area (TPSA) is 110 Å². The first-order valence-electron chi connectivity index (χ1n) is 6.58. The van der Waals surface area contributed by atoms with E-state index in [4.69, 9.17) is 4.52 Å². The second-order valence-corrected chi connectivity index (χ2v) is 6.46. The Morgan fingerprint density at radius 1 is 1.36 bits per heavy atom. The molecule has 0 saturated heterocycles. The molecule has 2 N–H and O–H groups in total. The van der Waals surface area contributed by atoms with E-state index in [1.807, 2.05) is 0 Å². The van der Waals surface area contributed by atoms with E-state index in [1.165, 1.54) is 12.1 Å². The van der Waals surface area contributed by atoms with Gasteiger partial charge in [-0.15, -0.1) is 0 Å². The summed E-state index contributed by atoms with van der Waals surface area (Å²) in [7, 11) is -3.92. The molecule has 7 nitrogen and oxygen atoms in total. The number of carboxylic acids is 1. The molecule has 118 valence electrons. The highest BCUT2D eigenvalue weighted by atomic mass is 32.2. The molecule has 22 heavy (non-hydrogen) atoms. The minimum atomic E-state index is -3.92. The number of aryl methyl sites for hydroxylation is 3. The van der Waals surface area contributed by atoms with Gasteiger partial charge >= 0.3 is 5.97 Å². The molecule has 2 rings (SSSR count). The summed E-state index contributed by atoms with van der Waals surface area (Å²) >= 11 is 0. The second-order valence-electron chi connectivity index (χ2n) is 4.78. The van der Waals surface area contributed by atoms with E-state index in [0.29, 0.717) is 23.4 Å². The SMILES string of the molecule is CCc1ccc(S(=O)(=O)Nc2c(C)noc2C)cc1C(=O)O. The number of nitrogens with zero attached hydrogens (tertiary/aromatic N) is 1. The van der Waals surface area contributed by atoms with Gasteiger partial charge < -0.3 is 9.63 Å². The van der Waals surface area contributed by atoms with Gasteiger partial charge in [0.25, 0.3) is 10.0 Å². The summed E-state index contributed by atoms with van der Waals surface area (Å²) in [6.07, 6.45) is 0.499. The van der Waals surface area contributed by atoms with Gasteiger partial charge in [-0.1, -0.05) is 18.1 Å². The third-order valence-corrected chi connectivity index (χ3v) is 4.62. The molecule has 0 unspecified atom stereocenters. The fraction of sp³-hybridized carbons (Fsp3) is 0.286. The molecular weight excluding hydrogens is 308 g/mol. The maximum atomic E-state index is 12.4. The molecule has 1 heterocycles. The van der Waals surface area contributed by atoms with Crippen LogP contribution in [0.25, 0.3) is 0 Å². The summed E-state index contributed by atoms with van der Waals surface area (Å²) in [5.74, 6) is -0.823. The standard InChI is InChI=1S/C14H16N2O5S/c1-4-10-5-6-11(7-12(10)14(17)18)22(19,20)16-13-8(2)15-21-9(13)3/h5-7,16H,4H2,1-3H3,(H,17,18). The monoisotopic (exact) mass is 324 g/mol. The molecule has 0 spiro atoms. The number of aromatic carboxylic acids is 1. The molecule has 0 radical (unpaired) electrons. The molecule has 0 fully saturated rings. The summed E-state index contributed by atoms with van der Waals surface area (Å²) < 4.78 is 32.1. The highest BCUT2D eigenvalue weighted by Crippen LogP contribution is 2.24. The van der Waals surface area contributed by atoms with Gasteiger partial charge in [0.1, 0.15) is 11.4 Å². The summed E-state index contributed by atoms with van der Waals surface area (Å²) in [6, 6.07) is 4.04. The lowest BCUT2D eigenvalue weighted by Crippen LogP contribution is -2.15. The van der Waals surface area contributed by atoms with Crippen molar-refractivity contribution >= 4 is 21.7 Å². The van der Waals surface area contributed by atoms with Crippen molar-refractivity contribution in [3.8, 4) is 0 Å². The van der Waals surface area contributed by atoms with Crippen LogP contribution in [0.5, 0.6) is 0 Å². The van der Waals surface area contributed by atoms with E-state index < -0.39 is 16.0 Å². The first kappa shape index (κ1) is 16.0. The number of aromatic nitrogens is 1. The summed E-state index contributed by atoms with van der Waals surface area (Å²) in [5.41, 5.74) is 1.22. The Kier molecular flexibility index (Phi) is 4.23. The van der Waals surface area contributed by atoms with E-state index in [0.717, 1.165) is 6.07 Å². The predicted octanol–water partition coefficient (Wildman–Crippen LogP) is 2.35. The highest BCUT2D eigenvalue weighted by Gasteiger charge is 2.21. The molecule has 1 aromatic heterocycles. The second kappa shape index (κ2) is 5.80. The first-order valence-corrected chi connectivity index (χ1v) is 8.06. The van der Waals surface area contributed by atoms with Crippen molar-refractivity contribution in [3.63, 3.8) is 0 Å². The van der Waals surface area contributed by atoms with Gasteiger partial charge in [0.2, 0.25) is 0 Å². The van der Waals surface area contributed by atoms with Gasteiger partial charge in [-0.25, -0.2) is 13.2 Å². The molecule has 0 amide bonds. The van der Waals surface area contributed by atoms with Crippen LogP contribution >= 0.6 is 0 Å². The van der Waals surface area contributed by atoms with Crippen LogP contribution in [-0.2, 0) is 16.4 Å². The molecule has 0 bridgehead atoms. The van der Waals surface area contributed by atoms with E-state index in [1.54, 1.807) is 20.8 Å². The Labute approximate surface area is 128 Å². The van der Waals surface area contributed by atoms with Gasteiger partial charge in [-0.3, -0.25) is 4.72 Å². The average molecular weight is 324 g/mol. The van der Waals surface area contributed by atoms with Gasteiger partial charge in [-0.2, -0.15) is 0 Å². The average Bonchev–Trinajstić information content (AvgIpc) is 2.78. The molecule has 0 atom stereocenters. The molecule has 1 aromatic carbocycles. The lowest BCUT2D eigenvalue weighted by molar-refractivity contribution is 0.0695. The minimum Gasteiger partial charge on any atom is -0.478 e. The van der Waals surface area contributed by atoms with Crippen LogP contribution < -0.4 is 4.72 Å². The number of benzene rings is 1. The number of hydrogen-bond donors (Lipinski definition) is 2. The van der Waals surface area contributed by atoms with Crippen molar-refractivity contribution in [1.82, 2.24) is 5.16 Å². The zero-order chi connectivity index (χ0) is 16.5. The number of sulfonamides is 1. The number of hydrogen-bond acceptors (Lipinski definition) is 5. The fourth-order valence-corrected chi connectivity index (χ4v) is 3.25. The van der Waals surface area contributed by atoms with Crippen LogP contribution in [0.4, 0.5) is 5.69 Å². The number of carboxylic acid groups (broad SMARTS) is 1. The Morgan fingerprint density at radius 2 is 2.05 bits per heavy atom. The predicted molar refractivity (Wildman–Crippen MR) is 79.6 cm³/mol. The van der Waals surface area contributed by atoms with Crippen LogP contribution in [0.2, 0.25) is 0 Å². The Balaban J connectivity index is 2.46. The molecule has 0 aliphatic heterocycles. The lowest BCUT2D eigenvalue weighted by Gasteiger charge is -2.10. The number of nitrogens with one attached hydrogen (secondary N) is 1. The normalized spacial score (nSPS) is 11.4. The number of carbonyl (C=O) groups is 1. The Hall–Kier alpha value is -2.35. The third-order valence-electron chi connectivity index (χ3n) is 3.27. The van der Waals surface area contributed by atoms with Gasteiger partial charge in [-0.05, 0) is 38.0 Å². The van der Waals surface area contributed by atoms with Crippen LogP contribution in [0.3, 0.4) is 0 Å². The summed E-state index contributed by atoms with van der Waals surface area (Å²) in [5, 5.41) is 12.9. The first-order chi connectivity index (χ1) is 10.3. The van der Waals surface area contributed by atoms with E-state index >= 15 is 0 Å². The van der Waals surface area contributed by atoms with E-state index in [-0.39, 0.29) is 16.1 Å². The molecule has 0 aliphatic rings. The summed E-state index contributed by atoms with van der Waals surface area (Å²) in [6.45, 7) is 5.00. The van der Waals surface area contributed by atoms with Crippen molar-refractivity contribution in [2.45, 2.75) is 32.1 Å². The van der Waals surface area contributed by atoms with Crippen LogP contribution in [0.15, 0.2) is 27.6 Å². The molecule has 0 aliphatic carbocycles. The molecule has 0 saturated carbocycles. The van der Waals surface area contributed by atoms with Crippen molar-refractivity contribution < 1.29 is 22.8 Å². The Morgan fingerprint density at radius 3 is 2.55 bits per heavy atom. The fourth-order valence-electron chi connectivity index (χ4n) is 2.05. The number of rotatable bonds is 5. The minimum absolute atomic E-state index is 0.0239. The highest BCUT2D eigenvalue weighted by molar-refractivity contribution is 7.92. The molecule has 8 heteroatoms. The van der Waals surface area contributed by atoms with E-state index in [2.05, 4.69) is 9.88 Å². The molecule has 2 aromatic rings. The third kappa shape index (κ3) is 2.96. The van der Waals surface area contributed by atoms with Crippen molar-refractivity contribution in [2.24, 2.45) is 0 Å². The largest absolute Gasteiger partial charge is 0.478 e. The number of anilines is 1. The zero-order valence-corrected chi connectivity index (χ0v) is 13.2. The van der Waals surface area contributed by atoms with Gasteiger partial charge in [0.05, 0.1) is 10.5 Å². The van der Waals surface area contributed by atoms with Crippen LogP contribution in [0.1, 0.15) is 34.3 Å². The van der Waals surface area contributed by atoms with Crippen molar-refractivity contribution in [2.75, 3.05) is 4.72 Å². The van der Waals surface area contributed by atoms with Crippen LogP contribution in [-0.4, -0.2) is 24.7 Å². The lowest BCUT2D eigenvalue weighted by atomic mass is 10.1. The zero-order valence-electron chi connectivity index (χ0n) is 12.4. The Bertz CT molecular complexity index is 804. The van der Waals surface area contributed by atoms with Crippen molar-refractivity contribution in [1.29, 1.82) is 0 Å². The van der Waals surface area contributed by atoms with Crippen LogP contribution in [0, 0.1) is 13.8 Å². The summed E-state index contributed by atoms with van der Waals surface area (Å²) in [4.78, 5) is 11.1. The maximum Gasteiger partial charge on any atom is 0.336 e.